The fraction of sp³-hybridized carbons (Fsp3) is 0.111. The first-order chi connectivity index (χ1) is 5.34. The molecule has 0 aliphatic rings. The third-order valence-electron chi connectivity index (χ3n) is 1.40. The number of benzene rings is 1. The molecule has 0 aromatic heterocycles. The summed E-state index contributed by atoms with van der Waals surface area (Å²) in [6, 6.07) is 6.91. The molecule has 0 bridgehead atoms. The highest BCUT2D eigenvalue weighted by Gasteiger charge is 1.94. The number of hydrogen-bond donors (Lipinski definition) is 1. The van der Waals surface area contributed by atoms with Gasteiger partial charge < -0.3 is 5.11 Å². The van der Waals surface area contributed by atoms with Crippen LogP contribution in [0.2, 0.25) is 0 Å². The summed E-state index contributed by atoms with van der Waals surface area (Å²) < 4.78 is 0. The van der Waals surface area contributed by atoms with Gasteiger partial charge in [-0.15, -0.1) is 0 Å². The molecule has 0 radical (unpaired) electrons. The minimum atomic E-state index is 0.221. The van der Waals surface area contributed by atoms with Gasteiger partial charge in [-0.25, -0.2) is 4.79 Å². The summed E-state index contributed by atoms with van der Waals surface area (Å²) in [5, 5.41) is 9.19. The van der Waals surface area contributed by atoms with Crippen LogP contribution in [0.25, 0.3) is 0 Å². The highest BCUT2D eigenvalue weighted by Crippen LogP contribution is 2.15. The summed E-state index contributed by atoms with van der Waals surface area (Å²) >= 11 is 0. The SMILES string of the molecule is O=C=CCc1ccccc1O. The first-order valence-corrected chi connectivity index (χ1v) is 3.31. The number of rotatable bonds is 2. The number of carbonyl (C=O) groups excluding carboxylic acids is 1. The van der Waals surface area contributed by atoms with Crippen molar-refractivity contribution in [3.63, 3.8) is 0 Å². The van der Waals surface area contributed by atoms with Crippen LogP contribution in [0.3, 0.4) is 0 Å². The first-order valence-electron chi connectivity index (χ1n) is 3.31. The monoisotopic (exact) mass is 148 g/mol. The zero-order valence-corrected chi connectivity index (χ0v) is 5.95. The maximum Gasteiger partial charge on any atom is 0.120 e. The second kappa shape index (κ2) is 3.59. The second-order valence-electron chi connectivity index (χ2n) is 2.15. The summed E-state index contributed by atoms with van der Waals surface area (Å²) in [5.41, 5.74) is 0.746. The predicted molar refractivity (Wildman–Crippen MR) is 42.1 cm³/mol. The molecule has 2 heteroatoms. The number of phenols is 1. The van der Waals surface area contributed by atoms with E-state index in [1.165, 1.54) is 6.08 Å². The van der Waals surface area contributed by atoms with Gasteiger partial charge in [0.15, 0.2) is 0 Å². The van der Waals surface area contributed by atoms with Crippen molar-refractivity contribution in [2.75, 3.05) is 0 Å². The van der Waals surface area contributed by atoms with Crippen molar-refractivity contribution in [3.8, 4) is 5.75 Å². The zero-order chi connectivity index (χ0) is 8.10. The fourth-order valence-electron chi connectivity index (χ4n) is 0.835. The molecule has 1 aromatic carbocycles. The molecule has 11 heavy (non-hydrogen) atoms. The van der Waals surface area contributed by atoms with Crippen LogP contribution in [-0.2, 0) is 11.2 Å². The van der Waals surface area contributed by atoms with Gasteiger partial charge in [0.25, 0.3) is 0 Å². The van der Waals surface area contributed by atoms with Crippen molar-refractivity contribution >= 4 is 5.94 Å². The van der Waals surface area contributed by atoms with E-state index in [0.717, 1.165) is 5.56 Å². The number of aromatic hydroxyl groups is 1. The topological polar surface area (TPSA) is 37.3 Å². The lowest BCUT2D eigenvalue weighted by Gasteiger charge is -1.97. The molecule has 0 fully saturated rings. The Hall–Kier alpha value is -1.53. The zero-order valence-electron chi connectivity index (χ0n) is 5.95. The molecule has 1 N–H and O–H groups in total. The molecule has 0 heterocycles. The lowest BCUT2D eigenvalue weighted by atomic mass is 10.1. The van der Waals surface area contributed by atoms with Gasteiger partial charge in [-0.3, -0.25) is 0 Å². The van der Waals surface area contributed by atoms with Gasteiger partial charge in [0, 0.05) is 12.5 Å². The van der Waals surface area contributed by atoms with Crippen molar-refractivity contribution in [2.45, 2.75) is 6.42 Å². The number of phenolic OH excluding ortho intramolecular Hbond substituents is 1. The summed E-state index contributed by atoms with van der Waals surface area (Å²) in [5.74, 6) is 1.88. The molecule has 1 rings (SSSR count). The van der Waals surface area contributed by atoms with Gasteiger partial charge in [0.1, 0.15) is 11.7 Å². The highest BCUT2D eigenvalue weighted by atomic mass is 16.3. The summed E-state index contributed by atoms with van der Waals surface area (Å²) in [6.45, 7) is 0. The fourth-order valence-corrected chi connectivity index (χ4v) is 0.835. The van der Waals surface area contributed by atoms with Crippen molar-refractivity contribution in [1.29, 1.82) is 0 Å². The summed E-state index contributed by atoms with van der Waals surface area (Å²) in [6.07, 6.45) is 1.78. The molecule has 1 aromatic rings. The quantitative estimate of drug-likeness (QED) is 0.642. The molecule has 0 aliphatic carbocycles. The standard InChI is InChI=1S/C9H8O2/c10-7-3-5-8-4-1-2-6-9(8)11/h1-4,6,11H,5H2. The minimum absolute atomic E-state index is 0.221. The minimum Gasteiger partial charge on any atom is -0.508 e. The Morgan fingerprint density at radius 1 is 1.45 bits per heavy atom. The average molecular weight is 148 g/mol. The van der Waals surface area contributed by atoms with Gasteiger partial charge in [-0.1, -0.05) is 18.2 Å². The lowest BCUT2D eigenvalue weighted by Crippen LogP contribution is -1.80. The van der Waals surface area contributed by atoms with E-state index in [-0.39, 0.29) is 5.75 Å². The third kappa shape index (κ3) is 1.95. The van der Waals surface area contributed by atoms with E-state index in [9.17, 15) is 9.90 Å². The summed E-state index contributed by atoms with van der Waals surface area (Å²) in [4.78, 5) is 9.83. The first kappa shape index (κ1) is 7.58. The van der Waals surface area contributed by atoms with E-state index >= 15 is 0 Å². The summed E-state index contributed by atoms with van der Waals surface area (Å²) in [7, 11) is 0. The van der Waals surface area contributed by atoms with Crippen molar-refractivity contribution < 1.29 is 9.90 Å². The van der Waals surface area contributed by atoms with E-state index in [1.807, 2.05) is 6.07 Å². The Morgan fingerprint density at radius 3 is 2.82 bits per heavy atom. The largest absolute Gasteiger partial charge is 0.508 e. The van der Waals surface area contributed by atoms with Crippen molar-refractivity contribution in [2.24, 2.45) is 0 Å². The van der Waals surface area contributed by atoms with Gasteiger partial charge in [-0.2, -0.15) is 0 Å². The average Bonchev–Trinajstić information content (AvgIpc) is 2.03. The molecule has 0 saturated heterocycles. The lowest BCUT2D eigenvalue weighted by molar-refractivity contribution is 0.470. The Morgan fingerprint density at radius 2 is 2.18 bits per heavy atom. The third-order valence-corrected chi connectivity index (χ3v) is 1.40. The van der Waals surface area contributed by atoms with E-state index in [2.05, 4.69) is 0 Å². The van der Waals surface area contributed by atoms with Crippen LogP contribution in [0, 0.1) is 0 Å². The van der Waals surface area contributed by atoms with Crippen LogP contribution in [-0.4, -0.2) is 11.0 Å². The van der Waals surface area contributed by atoms with Crippen LogP contribution >= 0.6 is 0 Å². The number of hydrogen-bond acceptors (Lipinski definition) is 2. The molecule has 0 unspecified atom stereocenters. The Bertz CT molecular complexity index is 285. The molecule has 56 valence electrons. The molecule has 0 aliphatic heterocycles. The van der Waals surface area contributed by atoms with Crippen LogP contribution in [0.5, 0.6) is 5.75 Å². The molecule has 0 atom stereocenters. The Balaban J connectivity index is 2.85. The molecule has 2 nitrogen and oxygen atoms in total. The van der Waals surface area contributed by atoms with Crippen molar-refractivity contribution in [1.82, 2.24) is 0 Å². The molecule has 0 spiro atoms. The maximum atomic E-state index is 9.83. The number of allylic oxidation sites excluding steroid dienone is 1. The number of para-hydroxylation sites is 1. The molecule has 0 amide bonds. The predicted octanol–water partition coefficient (Wildman–Crippen LogP) is 1.32. The smallest absolute Gasteiger partial charge is 0.120 e. The highest BCUT2D eigenvalue weighted by molar-refractivity contribution is 5.47. The molecule has 0 saturated carbocycles. The Labute approximate surface area is 64.8 Å². The normalized spacial score (nSPS) is 8.73. The van der Waals surface area contributed by atoms with Gasteiger partial charge in [0.2, 0.25) is 0 Å². The van der Waals surface area contributed by atoms with Gasteiger partial charge >= 0.3 is 0 Å². The second-order valence-corrected chi connectivity index (χ2v) is 2.15. The van der Waals surface area contributed by atoms with Gasteiger partial charge in [0.05, 0.1) is 0 Å². The van der Waals surface area contributed by atoms with E-state index in [1.54, 1.807) is 24.1 Å². The van der Waals surface area contributed by atoms with E-state index in [4.69, 9.17) is 0 Å². The molecular weight excluding hydrogens is 140 g/mol. The maximum absolute atomic E-state index is 9.83. The van der Waals surface area contributed by atoms with E-state index < -0.39 is 0 Å². The van der Waals surface area contributed by atoms with Crippen LogP contribution < -0.4 is 0 Å². The van der Waals surface area contributed by atoms with Crippen molar-refractivity contribution in [3.05, 3.63) is 35.9 Å². The van der Waals surface area contributed by atoms with E-state index in [0.29, 0.717) is 6.42 Å². The van der Waals surface area contributed by atoms with Gasteiger partial charge in [-0.05, 0) is 11.6 Å². The van der Waals surface area contributed by atoms with Crippen LogP contribution in [0.1, 0.15) is 5.56 Å². The van der Waals surface area contributed by atoms with Crippen LogP contribution in [0.15, 0.2) is 30.3 Å². The Kier molecular flexibility index (Phi) is 2.47. The van der Waals surface area contributed by atoms with Crippen LogP contribution in [0.4, 0.5) is 0 Å². The molecular formula is C9H8O2.